The molecule has 0 saturated carbocycles. The Morgan fingerprint density at radius 1 is 1.04 bits per heavy atom. The number of carboxylic acid groups (broad SMARTS) is 1. The van der Waals surface area contributed by atoms with Crippen molar-refractivity contribution in [3.8, 4) is 0 Å². The number of aliphatic carboxylic acids is 1. The fraction of sp³-hybridized carbons (Fsp3) is 0. The predicted molar refractivity (Wildman–Crippen MR) is 102 cm³/mol. The molecule has 2 N–H and O–H groups in total. The number of carbonyl (C=O) groups is 2. The molecule has 2 aromatic carbocycles. The molecule has 0 atom stereocenters. The summed E-state index contributed by atoms with van der Waals surface area (Å²) in [5.74, 6) is -1.56. The highest BCUT2D eigenvalue weighted by molar-refractivity contribution is 8.20. The Kier molecular flexibility index (Phi) is 5.24. The molecule has 27 heavy (non-hydrogen) atoms. The summed E-state index contributed by atoms with van der Waals surface area (Å²) < 4.78 is 38.9. The zero-order valence-electron chi connectivity index (χ0n) is 13.5. The maximum atomic E-state index is 12.7. The fourth-order valence-electron chi connectivity index (χ4n) is 2.34. The van der Waals surface area contributed by atoms with Gasteiger partial charge >= 0.3 is 5.97 Å². The van der Waals surface area contributed by atoms with E-state index in [4.69, 9.17) is 5.11 Å². The van der Waals surface area contributed by atoms with Crippen LogP contribution in [0.4, 0.5) is 17.3 Å². The lowest BCUT2D eigenvalue weighted by Gasteiger charge is -2.10. The van der Waals surface area contributed by atoms with E-state index in [1.54, 1.807) is 24.3 Å². The van der Waals surface area contributed by atoms with Crippen molar-refractivity contribution in [2.75, 3.05) is 5.32 Å². The summed E-state index contributed by atoms with van der Waals surface area (Å²) >= 11 is -3.91. The number of hydrogen-bond acceptors (Lipinski definition) is 3. The van der Waals surface area contributed by atoms with Crippen LogP contribution in [0, 0.1) is 0 Å². The van der Waals surface area contributed by atoms with Crippen LogP contribution in [0.15, 0.2) is 59.5 Å². The molecule has 4 nitrogen and oxygen atoms in total. The van der Waals surface area contributed by atoms with Crippen molar-refractivity contribution in [2.24, 2.45) is 0 Å². The minimum atomic E-state index is -5.31. The molecule has 0 radical (unpaired) electrons. The van der Waals surface area contributed by atoms with Crippen molar-refractivity contribution in [1.82, 2.24) is 0 Å². The van der Waals surface area contributed by atoms with Gasteiger partial charge in [-0.15, -0.1) is 23.0 Å². The van der Waals surface area contributed by atoms with Gasteiger partial charge in [-0.3, -0.25) is 4.79 Å². The van der Waals surface area contributed by atoms with E-state index in [1.807, 2.05) is 0 Å². The summed E-state index contributed by atoms with van der Waals surface area (Å²) in [6.07, 6.45) is 2.52. The third-order valence-electron chi connectivity index (χ3n) is 3.57. The summed E-state index contributed by atoms with van der Waals surface area (Å²) in [5.41, 5.74) is 0.613. The third-order valence-corrected chi connectivity index (χ3v) is 5.46. The summed E-state index contributed by atoms with van der Waals surface area (Å²) in [7, 11) is 0. The molecule has 1 amide bonds. The third kappa shape index (κ3) is 4.69. The minimum absolute atomic E-state index is 0.123. The Morgan fingerprint density at radius 2 is 1.74 bits per heavy atom. The lowest BCUT2D eigenvalue weighted by atomic mass is 10.2. The van der Waals surface area contributed by atoms with Gasteiger partial charge < -0.3 is 10.4 Å². The van der Waals surface area contributed by atoms with Crippen LogP contribution in [-0.2, 0) is 4.79 Å². The molecule has 0 saturated heterocycles. The van der Waals surface area contributed by atoms with Gasteiger partial charge in [0.15, 0.2) is 0 Å². The first-order chi connectivity index (χ1) is 12.7. The quantitative estimate of drug-likeness (QED) is 0.501. The Balaban J connectivity index is 1.77. The SMILES string of the molecule is O=C(O)/C=C/c1cc2cc(NC(=O)c3ccc(S(F)(F)F)cc3)ccc2s1. The van der Waals surface area contributed by atoms with Gasteiger partial charge in [0.2, 0.25) is 11.2 Å². The van der Waals surface area contributed by atoms with Crippen LogP contribution in [-0.4, -0.2) is 17.0 Å². The van der Waals surface area contributed by atoms with Crippen molar-refractivity contribution in [2.45, 2.75) is 4.90 Å². The van der Waals surface area contributed by atoms with Gasteiger partial charge in [0.25, 0.3) is 5.91 Å². The Labute approximate surface area is 158 Å². The van der Waals surface area contributed by atoms with E-state index in [0.717, 1.165) is 45.3 Å². The summed E-state index contributed by atoms with van der Waals surface area (Å²) in [4.78, 5) is 22.8. The zero-order valence-corrected chi connectivity index (χ0v) is 15.1. The molecule has 0 fully saturated rings. The summed E-state index contributed by atoms with van der Waals surface area (Å²) in [5, 5.41) is 12.1. The molecule has 3 rings (SSSR count). The van der Waals surface area contributed by atoms with E-state index in [1.165, 1.54) is 17.4 Å². The molecule has 0 bridgehead atoms. The first-order valence-electron chi connectivity index (χ1n) is 7.50. The molecule has 140 valence electrons. The maximum absolute atomic E-state index is 12.7. The molecular formula is C18H12F3NO3S2. The van der Waals surface area contributed by atoms with Crippen molar-refractivity contribution in [1.29, 1.82) is 0 Å². The Morgan fingerprint density at radius 3 is 2.37 bits per heavy atom. The van der Waals surface area contributed by atoms with Crippen molar-refractivity contribution < 1.29 is 26.4 Å². The van der Waals surface area contributed by atoms with E-state index in [0.29, 0.717) is 5.69 Å². The second kappa shape index (κ2) is 7.45. The van der Waals surface area contributed by atoms with Gasteiger partial charge in [0.05, 0.1) is 4.90 Å². The molecule has 0 unspecified atom stereocenters. The number of thiophene rings is 1. The minimum Gasteiger partial charge on any atom is -0.478 e. The number of amides is 1. The normalized spacial score (nSPS) is 12.4. The van der Waals surface area contributed by atoms with Crippen molar-refractivity contribution in [3.63, 3.8) is 0 Å². The summed E-state index contributed by atoms with van der Waals surface area (Å²) in [6, 6.07) is 11.0. The molecular weight excluding hydrogens is 399 g/mol. The fourth-order valence-corrected chi connectivity index (χ4v) is 3.73. The van der Waals surface area contributed by atoms with E-state index in [2.05, 4.69) is 5.32 Å². The number of rotatable bonds is 5. The molecule has 0 aliphatic rings. The highest BCUT2D eigenvalue weighted by Gasteiger charge is 2.24. The first-order valence-corrected chi connectivity index (χ1v) is 9.66. The molecule has 0 aliphatic carbocycles. The molecule has 0 spiro atoms. The van der Waals surface area contributed by atoms with Crippen LogP contribution >= 0.6 is 22.5 Å². The molecule has 1 heterocycles. The number of anilines is 1. The van der Waals surface area contributed by atoms with E-state index >= 15 is 0 Å². The number of carbonyl (C=O) groups excluding carboxylic acids is 1. The number of halogens is 3. The van der Waals surface area contributed by atoms with Gasteiger partial charge in [0, 0.05) is 26.9 Å². The van der Waals surface area contributed by atoms with E-state index in [-0.39, 0.29) is 5.56 Å². The molecule has 0 aliphatic heterocycles. The van der Waals surface area contributed by atoms with Gasteiger partial charge in [0.1, 0.15) is 0 Å². The maximum Gasteiger partial charge on any atom is 0.328 e. The average molecular weight is 411 g/mol. The van der Waals surface area contributed by atoms with Crippen molar-refractivity contribution >= 4 is 56.2 Å². The first kappa shape index (κ1) is 19.0. The van der Waals surface area contributed by atoms with Crippen LogP contribution in [0.1, 0.15) is 15.2 Å². The van der Waals surface area contributed by atoms with Crippen LogP contribution in [0.3, 0.4) is 0 Å². The Bertz CT molecular complexity index is 1040. The number of fused-ring (bicyclic) bond motifs is 1. The second-order valence-electron chi connectivity index (χ2n) is 5.46. The number of benzene rings is 2. The molecule has 9 heteroatoms. The van der Waals surface area contributed by atoms with Crippen LogP contribution in [0.25, 0.3) is 16.2 Å². The second-order valence-corrected chi connectivity index (χ2v) is 7.86. The Hall–Kier alpha value is -2.78. The predicted octanol–water partition coefficient (Wildman–Crippen LogP) is 6.07. The lowest BCUT2D eigenvalue weighted by Crippen LogP contribution is -2.11. The largest absolute Gasteiger partial charge is 0.478 e. The highest BCUT2D eigenvalue weighted by Crippen LogP contribution is 2.60. The topological polar surface area (TPSA) is 66.4 Å². The van der Waals surface area contributed by atoms with Crippen molar-refractivity contribution in [3.05, 3.63) is 65.0 Å². The lowest BCUT2D eigenvalue weighted by molar-refractivity contribution is -0.131. The van der Waals surface area contributed by atoms with Gasteiger partial charge in [-0.1, -0.05) is 0 Å². The zero-order chi connectivity index (χ0) is 19.6. The van der Waals surface area contributed by atoms with Gasteiger partial charge in [-0.05, 0) is 60.0 Å². The average Bonchev–Trinajstić information content (AvgIpc) is 3.01. The number of nitrogens with one attached hydrogen (secondary N) is 1. The molecule has 3 aromatic rings. The monoisotopic (exact) mass is 411 g/mol. The number of carboxylic acids is 1. The smallest absolute Gasteiger partial charge is 0.328 e. The highest BCUT2D eigenvalue weighted by atomic mass is 32.3. The van der Waals surface area contributed by atoms with Crippen LogP contribution < -0.4 is 5.32 Å². The standard InChI is InChI=1S/C18H12F3NO3S2/c19-27(20,21)15-5-1-11(2-6-15)18(25)22-13-3-7-16-12(9-13)10-14(26-16)4-8-17(23)24/h1-10H,(H,22,25)(H,23,24)/b8-4+. The molecule has 1 aromatic heterocycles. The van der Waals surface area contributed by atoms with E-state index in [9.17, 15) is 21.2 Å². The van der Waals surface area contributed by atoms with Gasteiger partial charge in [-0.25, -0.2) is 4.79 Å². The van der Waals surface area contributed by atoms with Crippen LogP contribution in [0.5, 0.6) is 0 Å². The van der Waals surface area contributed by atoms with Gasteiger partial charge in [-0.2, -0.15) is 0 Å². The van der Waals surface area contributed by atoms with E-state index < -0.39 is 28.0 Å². The van der Waals surface area contributed by atoms with Crippen LogP contribution in [0.2, 0.25) is 0 Å². The number of hydrogen-bond donors (Lipinski definition) is 2. The summed E-state index contributed by atoms with van der Waals surface area (Å²) in [6.45, 7) is 0.